The SMILES string of the molecule is COc1cc2c(cc1OC)C1=NOC(c3cc(OC)c(OC)c(OC)c3)C1C2. The molecular weight excluding hydrogens is 362 g/mol. The number of hydrogen-bond acceptors (Lipinski definition) is 7. The lowest BCUT2D eigenvalue weighted by molar-refractivity contribution is 0.0610. The van der Waals surface area contributed by atoms with Crippen LogP contribution in [0.15, 0.2) is 29.4 Å². The van der Waals surface area contributed by atoms with E-state index in [2.05, 4.69) is 5.16 Å². The highest BCUT2D eigenvalue weighted by Crippen LogP contribution is 2.48. The van der Waals surface area contributed by atoms with Gasteiger partial charge in [0.15, 0.2) is 29.1 Å². The Bertz CT molecular complexity index is 914. The molecule has 0 bridgehead atoms. The van der Waals surface area contributed by atoms with Crippen molar-refractivity contribution in [1.29, 1.82) is 0 Å². The summed E-state index contributed by atoms with van der Waals surface area (Å²) in [5.74, 6) is 3.22. The number of benzene rings is 2. The number of ether oxygens (including phenoxy) is 5. The summed E-state index contributed by atoms with van der Waals surface area (Å²) in [7, 11) is 8.05. The van der Waals surface area contributed by atoms with Crippen molar-refractivity contribution < 1.29 is 28.5 Å². The van der Waals surface area contributed by atoms with Gasteiger partial charge in [-0.1, -0.05) is 5.16 Å². The highest BCUT2D eigenvalue weighted by atomic mass is 16.6. The first-order valence-electron chi connectivity index (χ1n) is 8.94. The van der Waals surface area contributed by atoms with Crippen LogP contribution in [0.2, 0.25) is 0 Å². The average molecular weight is 385 g/mol. The van der Waals surface area contributed by atoms with Gasteiger partial charge in [-0.2, -0.15) is 0 Å². The van der Waals surface area contributed by atoms with E-state index in [0.29, 0.717) is 28.7 Å². The maximum absolute atomic E-state index is 5.83. The van der Waals surface area contributed by atoms with Gasteiger partial charge in [0.1, 0.15) is 0 Å². The number of nitrogens with zero attached hydrogens (tertiary/aromatic N) is 1. The summed E-state index contributed by atoms with van der Waals surface area (Å²) in [5.41, 5.74) is 4.06. The Morgan fingerprint density at radius 1 is 0.786 bits per heavy atom. The lowest BCUT2D eigenvalue weighted by Gasteiger charge is -2.19. The first kappa shape index (κ1) is 18.3. The number of methoxy groups -OCH3 is 5. The van der Waals surface area contributed by atoms with Crippen LogP contribution in [0.4, 0.5) is 0 Å². The zero-order valence-electron chi connectivity index (χ0n) is 16.6. The van der Waals surface area contributed by atoms with E-state index in [4.69, 9.17) is 28.5 Å². The summed E-state index contributed by atoms with van der Waals surface area (Å²) in [6.45, 7) is 0. The van der Waals surface area contributed by atoms with E-state index >= 15 is 0 Å². The van der Waals surface area contributed by atoms with Gasteiger partial charge in [0.05, 0.1) is 47.2 Å². The second kappa shape index (κ2) is 7.14. The van der Waals surface area contributed by atoms with Gasteiger partial charge in [0.2, 0.25) is 5.75 Å². The Kier molecular flexibility index (Phi) is 4.66. The summed E-state index contributed by atoms with van der Waals surface area (Å²) in [4.78, 5) is 5.83. The topological polar surface area (TPSA) is 67.7 Å². The number of rotatable bonds is 6. The molecule has 28 heavy (non-hydrogen) atoms. The summed E-state index contributed by atoms with van der Waals surface area (Å²) < 4.78 is 27.3. The molecule has 0 spiro atoms. The van der Waals surface area contributed by atoms with Crippen molar-refractivity contribution >= 4 is 5.71 Å². The standard InChI is InChI=1S/C21H23NO6/c1-23-15-7-11-6-14-19(13(11)10-16(15)24-2)22-28-20(14)12-8-17(25-3)21(27-5)18(9-12)26-4/h7-10,14,20H,6H2,1-5H3. The van der Waals surface area contributed by atoms with Gasteiger partial charge in [0.25, 0.3) is 0 Å². The van der Waals surface area contributed by atoms with Crippen molar-refractivity contribution in [2.75, 3.05) is 35.5 Å². The largest absolute Gasteiger partial charge is 0.493 e. The molecule has 2 aromatic carbocycles. The lowest BCUT2D eigenvalue weighted by atomic mass is 9.92. The normalized spacial score (nSPS) is 19.2. The quantitative estimate of drug-likeness (QED) is 0.759. The minimum absolute atomic E-state index is 0.0922. The molecule has 0 amide bonds. The molecule has 0 radical (unpaired) electrons. The average Bonchev–Trinajstić information content (AvgIpc) is 3.30. The fourth-order valence-corrected chi connectivity index (χ4v) is 3.97. The van der Waals surface area contributed by atoms with Crippen LogP contribution in [-0.4, -0.2) is 41.3 Å². The van der Waals surface area contributed by atoms with Crippen molar-refractivity contribution in [3.8, 4) is 28.7 Å². The summed E-state index contributed by atoms with van der Waals surface area (Å²) in [6.07, 6.45) is 0.559. The van der Waals surface area contributed by atoms with Crippen LogP contribution in [0, 0.1) is 5.92 Å². The molecule has 7 nitrogen and oxygen atoms in total. The molecule has 1 heterocycles. The first-order valence-corrected chi connectivity index (χ1v) is 8.94. The second-order valence-electron chi connectivity index (χ2n) is 6.64. The zero-order chi connectivity index (χ0) is 19.8. The maximum atomic E-state index is 5.83. The Balaban J connectivity index is 1.71. The van der Waals surface area contributed by atoms with Gasteiger partial charge in [-0.05, 0) is 36.2 Å². The van der Waals surface area contributed by atoms with Gasteiger partial charge < -0.3 is 28.5 Å². The molecule has 2 unspecified atom stereocenters. The number of oxime groups is 1. The fourth-order valence-electron chi connectivity index (χ4n) is 3.97. The molecule has 0 saturated carbocycles. The van der Waals surface area contributed by atoms with E-state index in [-0.39, 0.29) is 12.0 Å². The zero-order valence-corrected chi connectivity index (χ0v) is 16.6. The minimum atomic E-state index is -0.243. The monoisotopic (exact) mass is 385 g/mol. The van der Waals surface area contributed by atoms with E-state index in [1.807, 2.05) is 24.3 Å². The van der Waals surface area contributed by atoms with Gasteiger partial charge in [0, 0.05) is 11.1 Å². The van der Waals surface area contributed by atoms with E-state index in [1.54, 1.807) is 35.5 Å². The molecular formula is C21H23NO6. The van der Waals surface area contributed by atoms with Crippen LogP contribution in [0.1, 0.15) is 22.8 Å². The molecule has 0 fully saturated rings. The molecule has 0 N–H and O–H groups in total. The second-order valence-corrected chi connectivity index (χ2v) is 6.64. The molecule has 148 valence electrons. The Morgan fingerprint density at radius 3 is 1.96 bits per heavy atom. The maximum Gasteiger partial charge on any atom is 0.203 e. The van der Waals surface area contributed by atoms with E-state index in [0.717, 1.165) is 23.3 Å². The molecule has 7 heteroatoms. The molecule has 1 aliphatic heterocycles. The molecule has 4 rings (SSSR count). The third kappa shape index (κ3) is 2.69. The molecule has 2 aromatic rings. The molecule has 2 aliphatic rings. The highest BCUT2D eigenvalue weighted by molar-refractivity contribution is 6.07. The van der Waals surface area contributed by atoms with Gasteiger partial charge in [-0.15, -0.1) is 0 Å². The molecule has 1 aliphatic carbocycles. The van der Waals surface area contributed by atoms with Crippen LogP contribution in [0.3, 0.4) is 0 Å². The third-order valence-electron chi connectivity index (χ3n) is 5.32. The Labute approximate surface area is 163 Å². The molecule has 2 atom stereocenters. The molecule has 0 saturated heterocycles. The Hall–Kier alpha value is -3.09. The van der Waals surface area contributed by atoms with Crippen molar-refractivity contribution in [3.05, 3.63) is 41.0 Å². The van der Waals surface area contributed by atoms with Crippen molar-refractivity contribution in [2.24, 2.45) is 11.1 Å². The summed E-state index contributed by atoms with van der Waals surface area (Å²) in [6, 6.07) is 7.80. The van der Waals surface area contributed by atoms with Crippen LogP contribution >= 0.6 is 0 Å². The third-order valence-corrected chi connectivity index (χ3v) is 5.32. The van der Waals surface area contributed by atoms with Crippen LogP contribution in [-0.2, 0) is 11.3 Å². The summed E-state index contributed by atoms with van der Waals surface area (Å²) >= 11 is 0. The van der Waals surface area contributed by atoms with Crippen molar-refractivity contribution in [3.63, 3.8) is 0 Å². The molecule has 0 aromatic heterocycles. The van der Waals surface area contributed by atoms with Gasteiger partial charge in [-0.3, -0.25) is 0 Å². The minimum Gasteiger partial charge on any atom is -0.493 e. The smallest absolute Gasteiger partial charge is 0.203 e. The highest BCUT2D eigenvalue weighted by Gasteiger charge is 2.43. The van der Waals surface area contributed by atoms with Gasteiger partial charge >= 0.3 is 0 Å². The first-order chi connectivity index (χ1) is 13.6. The lowest BCUT2D eigenvalue weighted by Crippen LogP contribution is -2.14. The summed E-state index contributed by atoms with van der Waals surface area (Å²) in [5, 5.41) is 4.39. The van der Waals surface area contributed by atoms with Gasteiger partial charge in [-0.25, -0.2) is 0 Å². The predicted octanol–water partition coefficient (Wildman–Crippen LogP) is 3.38. The van der Waals surface area contributed by atoms with Crippen LogP contribution in [0.25, 0.3) is 0 Å². The predicted molar refractivity (Wildman–Crippen MR) is 103 cm³/mol. The van der Waals surface area contributed by atoms with E-state index in [9.17, 15) is 0 Å². The van der Waals surface area contributed by atoms with E-state index < -0.39 is 0 Å². The van der Waals surface area contributed by atoms with Crippen LogP contribution in [0.5, 0.6) is 28.7 Å². The van der Waals surface area contributed by atoms with E-state index in [1.165, 1.54) is 5.56 Å². The number of hydrogen-bond donors (Lipinski definition) is 0. The van der Waals surface area contributed by atoms with Crippen molar-refractivity contribution in [1.82, 2.24) is 0 Å². The Morgan fingerprint density at radius 2 is 1.39 bits per heavy atom. The van der Waals surface area contributed by atoms with Crippen molar-refractivity contribution in [2.45, 2.75) is 12.5 Å². The number of fused-ring (bicyclic) bond motifs is 3. The van der Waals surface area contributed by atoms with Crippen LogP contribution < -0.4 is 23.7 Å². The fraction of sp³-hybridized carbons (Fsp3) is 0.381.